The Hall–Kier alpha value is 0.520. The van der Waals surface area contributed by atoms with Crippen molar-refractivity contribution in [3.63, 3.8) is 0 Å². The molecule has 1 atom stereocenters. The fraction of sp³-hybridized carbons (Fsp3) is 0.909. The number of rotatable bonds is 4. The lowest BCUT2D eigenvalue weighted by Crippen LogP contribution is -2.53. The monoisotopic (exact) mass is 310 g/mol. The quantitative estimate of drug-likeness (QED) is 0.576. The van der Waals surface area contributed by atoms with Crippen LogP contribution in [0.4, 0.5) is 0 Å². The average molecular weight is 310 g/mol. The maximum Gasteiger partial charge on any atom is 0.0309 e. The molecule has 84 valence electrons. The second-order valence-corrected chi connectivity index (χ2v) is 6.61. The van der Waals surface area contributed by atoms with Gasteiger partial charge in [-0.15, -0.1) is 20.7 Å². The first-order chi connectivity index (χ1) is 6.63. The van der Waals surface area contributed by atoms with Gasteiger partial charge in [0.05, 0.1) is 0 Å². The van der Waals surface area contributed by atoms with Crippen molar-refractivity contribution in [3.05, 3.63) is 0 Å². The Balaban J connectivity index is 2.48. The summed E-state index contributed by atoms with van der Waals surface area (Å²) in [4.78, 5) is 5.14. The van der Waals surface area contributed by atoms with Crippen molar-refractivity contribution >= 4 is 25.2 Å². The lowest BCUT2D eigenvalue weighted by atomic mass is 10.1. The highest BCUT2D eigenvalue weighted by atomic mass is 127. The molecule has 14 heavy (non-hydrogen) atoms. The molecule has 2 nitrogen and oxygen atoms in total. The number of halogens is 1. The summed E-state index contributed by atoms with van der Waals surface area (Å²) in [5.41, 5.74) is 0. The summed E-state index contributed by atoms with van der Waals surface area (Å²) in [6.07, 6.45) is 0. The molecule has 0 saturated carbocycles. The lowest BCUT2D eigenvalue weighted by Gasteiger charge is -2.40. The number of hydrogen-bond donors (Lipinski definition) is 0. The van der Waals surface area contributed by atoms with E-state index in [1.165, 1.54) is 30.6 Å². The number of likely N-dealkylation sites (N-methyl/N-ethyl adjacent to an activating group) is 1. The third kappa shape index (κ3) is 3.95. The number of hydrogen-bond acceptors (Lipinski definition) is 2. The zero-order valence-corrected chi connectivity index (χ0v) is 11.8. The van der Waals surface area contributed by atoms with E-state index < -0.39 is 0 Å². The van der Waals surface area contributed by atoms with Crippen LogP contribution in [0.2, 0.25) is 0 Å². The molecule has 1 saturated heterocycles. The van der Waals surface area contributed by atoms with Crippen LogP contribution in [0, 0.1) is 5.92 Å². The summed E-state index contributed by atoms with van der Waals surface area (Å²) in [6, 6.07) is 0.793. The van der Waals surface area contributed by atoms with Crippen molar-refractivity contribution in [1.29, 1.82) is 0 Å². The van der Waals surface area contributed by atoms with Gasteiger partial charge in [0, 0.05) is 36.6 Å². The third-order valence-corrected chi connectivity index (χ3v) is 4.33. The van der Waals surface area contributed by atoms with Gasteiger partial charge < -0.3 is 4.90 Å². The van der Waals surface area contributed by atoms with Crippen molar-refractivity contribution in [2.45, 2.75) is 19.9 Å². The highest BCUT2D eigenvalue weighted by molar-refractivity contribution is 14.2. The predicted octanol–water partition coefficient (Wildman–Crippen LogP) is 1.66. The normalized spacial score (nSPS) is 25.9. The van der Waals surface area contributed by atoms with Crippen molar-refractivity contribution in [3.8, 4) is 0 Å². The second kappa shape index (κ2) is 6.18. The largest absolute Gasteiger partial charge is 0.304 e. The fourth-order valence-corrected chi connectivity index (χ4v) is 3.58. The fourth-order valence-electron chi connectivity index (χ4n) is 2.03. The Morgan fingerprint density at radius 2 is 2.14 bits per heavy atom. The van der Waals surface area contributed by atoms with Crippen LogP contribution in [0.25, 0.3) is 0 Å². The van der Waals surface area contributed by atoms with E-state index in [1.54, 1.807) is 0 Å². The highest BCUT2D eigenvalue weighted by Gasteiger charge is 2.24. The zero-order valence-electron chi connectivity index (χ0n) is 9.67. The van der Waals surface area contributed by atoms with E-state index in [9.17, 15) is 0 Å². The van der Waals surface area contributed by atoms with E-state index in [4.69, 9.17) is 0 Å². The molecule has 0 unspecified atom stereocenters. The molecule has 1 fully saturated rings. The molecule has 0 bridgehead atoms. The van der Waals surface area contributed by atoms with E-state index in [-0.39, 0.29) is 20.7 Å². The van der Waals surface area contributed by atoms with Crippen LogP contribution in [0.15, 0.2) is 0 Å². The summed E-state index contributed by atoms with van der Waals surface area (Å²) in [7, 11) is 2.24. The van der Waals surface area contributed by atoms with Gasteiger partial charge in [0.25, 0.3) is 0 Å². The molecule has 1 aliphatic rings. The minimum atomic E-state index is 0.191. The maximum absolute atomic E-state index is 4.08. The van der Waals surface area contributed by atoms with Gasteiger partial charge in [0.15, 0.2) is 0 Å². The Morgan fingerprint density at radius 1 is 1.43 bits per heavy atom. The number of nitrogens with zero attached hydrogens (tertiary/aromatic N) is 2. The molecule has 0 aliphatic carbocycles. The van der Waals surface area contributed by atoms with Gasteiger partial charge in [-0.1, -0.05) is 18.4 Å². The highest BCUT2D eigenvalue weighted by Crippen LogP contribution is 2.14. The first-order valence-electron chi connectivity index (χ1n) is 5.38. The van der Waals surface area contributed by atoms with Crippen molar-refractivity contribution in [2.75, 3.05) is 37.7 Å². The summed E-state index contributed by atoms with van der Waals surface area (Å²) in [6.45, 7) is 9.63. The predicted molar refractivity (Wildman–Crippen MR) is 73.7 cm³/mol. The Labute approximate surface area is 98.4 Å². The van der Waals surface area contributed by atoms with Crippen LogP contribution in [-0.4, -0.2) is 58.0 Å². The van der Waals surface area contributed by atoms with E-state index in [1.807, 2.05) is 0 Å². The van der Waals surface area contributed by atoms with Crippen LogP contribution in [-0.2, 0) is 0 Å². The lowest BCUT2D eigenvalue weighted by molar-refractivity contribution is 0.0935. The van der Waals surface area contributed by atoms with Gasteiger partial charge in [-0.3, -0.25) is 4.90 Å². The molecule has 0 amide bonds. The van der Waals surface area contributed by atoms with E-state index in [0.717, 1.165) is 12.0 Å². The SMILES string of the molecule is C=IC[C@@H]1CN(C)CCN1CC(C)C. The molecule has 3 heteroatoms. The van der Waals surface area contributed by atoms with Gasteiger partial charge in [-0.25, -0.2) is 0 Å². The van der Waals surface area contributed by atoms with Gasteiger partial charge in [0.2, 0.25) is 0 Å². The number of piperazine rings is 1. The minimum Gasteiger partial charge on any atom is -0.304 e. The van der Waals surface area contributed by atoms with Crippen molar-refractivity contribution < 1.29 is 0 Å². The Kier molecular flexibility index (Phi) is 5.56. The molecule has 1 rings (SSSR count). The topological polar surface area (TPSA) is 6.48 Å². The van der Waals surface area contributed by atoms with Crippen LogP contribution < -0.4 is 0 Å². The van der Waals surface area contributed by atoms with E-state index >= 15 is 0 Å². The maximum atomic E-state index is 4.08. The van der Waals surface area contributed by atoms with Crippen molar-refractivity contribution in [2.24, 2.45) is 5.92 Å². The molecule has 0 spiro atoms. The Bertz CT molecular complexity index is 182. The molecular weight excluding hydrogens is 287 g/mol. The molecule has 1 heterocycles. The summed E-state index contributed by atoms with van der Waals surface area (Å²) >= 11 is 0.191. The second-order valence-electron chi connectivity index (χ2n) is 4.65. The van der Waals surface area contributed by atoms with E-state index in [2.05, 4.69) is 35.2 Å². The molecular formula is C11H23IN2. The van der Waals surface area contributed by atoms with Crippen LogP contribution in [0.1, 0.15) is 13.8 Å². The van der Waals surface area contributed by atoms with Crippen LogP contribution in [0.3, 0.4) is 0 Å². The molecule has 0 N–H and O–H groups in total. The summed E-state index contributed by atoms with van der Waals surface area (Å²) in [5.74, 6) is 0.795. The summed E-state index contributed by atoms with van der Waals surface area (Å²) < 4.78 is 5.44. The van der Waals surface area contributed by atoms with Crippen molar-refractivity contribution in [1.82, 2.24) is 9.80 Å². The smallest absolute Gasteiger partial charge is 0.0309 e. The van der Waals surface area contributed by atoms with Crippen LogP contribution in [0.5, 0.6) is 0 Å². The molecule has 0 aromatic carbocycles. The molecule has 0 radical (unpaired) electrons. The van der Waals surface area contributed by atoms with E-state index in [0.29, 0.717) is 0 Å². The zero-order chi connectivity index (χ0) is 10.6. The molecule has 0 aromatic rings. The molecule has 0 aromatic heterocycles. The molecule has 1 aliphatic heterocycles. The first kappa shape index (κ1) is 12.6. The first-order valence-corrected chi connectivity index (χ1v) is 8.44. The minimum absolute atomic E-state index is 0.191. The average Bonchev–Trinajstić information content (AvgIpc) is 2.09. The third-order valence-electron chi connectivity index (χ3n) is 2.69. The summed E-state index contributed by atoms with van der Waals surface area (Å²) in [5, 5.41) is 0. The van der Waals surface area contributed by atoms with Gasteiger partial charge in [-0.2, -0.15) is 0 Å². The van der Waals surface area contributed by atoms with Gasteiger partial charge in [0.1, 0.15) is 0 Å². The van der Waals surface area contributed by atoms with Gasteiger partial charge in [-0.05, 0) is 13.0 Å². The Morgan fingerprint density at radius 3 is 2.71 bits per heavy atom. The van der Waals surface area contributed by atoms with Gasteiger partial charge >= 0.3 is 0 Å². The number of alkyl halides is 1. The standard InChI is InChI=1S/C11H23IN2/c1-10(2)8-14-6-5-13(4)9-11(14)7-12-3/h10-11H,3,5-9H2,1-2,4H3/t11-/m1/s1. The van der Waals surface area contributed by atoms with Crippen LogP contribution >= 0.6 is 20.7 Å².